The first-order valence-electron chi connectivity index (χ1n) is 9.24. The Balaban J connectivity index is 1.65. The van der Waals surface area contributed by atoms with E-state index in [1.54, 1.807) is 43.3 Å². The highest BCUT2D eigenvalue weighted by molar-refractivity contribution is 8.27. The fourth-order valence-electron chi connectivity index (χ4n) is 3.23. The van der Waals surface area contributed by atoms with Gasteiger partial charge in [-0.25, -0.2) is 0 Å². The quantitative estimate of drug-likeness (QED) is 0.162. The molecule has 0 unspecified atom stereocenters. The average molecular weight is 505 g/mol. The van der Waals surface area contributed by atoms with Gasteiger partial charge in [-0.2, -0.15) is 0 Å². The second-order valence-electron chi connectivity index (χ2n) is 7.01. The Kier molecular flexibility index (Phi) is 6.13. The van der Waals surface area contributed by atoms with E-state index in [0.29, 0.717) is 47.6 Å². The number of furan rings is 1. The number of anilines is 1. The van der Waals surface area contributed by atoms with Gasteiger partial charge < -0.3 is 4.42 Å². The van der Waals surface area contributed by atoms with Gasteiger partial charge in [-0.1, -0.05) is 47.2 Å². The molecule has 2 aromatic carbocycles. The van der Waals surface area contributed by atoms with Crippen LogP contribution in [0.25, 0.3) is 17.4 Å². The summed E-state index contributed by atoms with van der Waals surface area (Å²) in [6, 6.07) is 11.5. The molecule has 162 valence electrons. The molecule has 1 aliphatic rings. The van der Waals surface area contributed by atoms with E-state index < -0.39 is 4.92 Å². The summed E-state index contributed by atoms with van der Waals surface area (Å²) in [5, 5.41) is 12.1. The molecule has 6 nitrogen and oxygen atoms in total. The van der Waals surface area contributed by atoms with Crippen LogP contribution in [0.4, 0.5) is 11.4 Å². The molecule has 0 spiro atoms. The van der Waals surface area contributed by atoms with Crippen LogP contribution >= 0.6 is 47.2 Å². The van der Waals surface area contributed by atoms with E-state index in [2.05, 4.69) is 0 Å². The molecule has 0 bridgehead atoms. The van der Waals surface area contributed by atoms with E-state index in [4.69, 9.17) is 39.8 Å². The topological polar surface area (TPSA) is 76.6 Å². The lowest BCUT2D eigenvalue weighted by atomic mass is 10.0. The van der Waals surface area contributed by atoms with Crippen LogP contribution in [-0.4, -0.2) is 15.2 Å². The first-order chi connectivity index (χ1) is 15.2. The summed E-state index contributed by atoms with van der Waals surface area (Å²) in [5.41, 5.74) is 2.45. The maximum absolute atomic E-state index is 13.0. The molecule has 0 N–H and O–H groups in total. The lowest BCUT2D eigenvalue weighted by Crippen LogP contribution is -2.27. The fraction of sp³-hybridized carbons (Fsp3) is 0.0909. The molecule has 0 aliphatic carbocycles. The Morgan fingerprint density at radius 1 is 1.16 bits per heavy atom. The highest BCUT2D eigenvalue weighted by atomic mass is 35.5. The van der Waals surface area contributed by atoms with Gasteiger partial charge >= 0.3 is 0 Å². The highest BCUT2D eigenvalue weighted by Gasteiger charge is 2.34. The highest BCUT2D eigenvalue weighted by Crippen LogP contribution is 2.40. The van der Waals surface area contributed by atoms with Gasteiger partial charge in [0, 0.05) is 28.3 Å². The second kappa shape index (κ2) is 8.71. The van der Waals surface area contributed by atoms with Crippen molar-refractivity contribution in [2.45, 2.75) is 13.8 Å². The number of rotatable bonds is 4. The molecule has 0 saturated carbocycles. The monoisotopic (exact) mass is 504 g/mol. The Bertz CT molecular complexity index is 1330. The molecule has 1 fully saturated rings. The van der Waals surface area contributed by atoms with Gasteiger partial charge in [0.05, 0.1) is 20.5 Å². The molecular formula is C22H14Cl2N2O4S2. The number of nitrogens with zero attached hydrogens (tertiary/aromatic N) is 2. The summed E-state index contributed by atoms with van der Waals surface area (Å²) in [6.45, 7) is 3.52. The predicted molar refractivity (Wildman–Crippen MR) is 132 cm³/mol. The molecule has 4 rings (SSSR count). The lowest BCUT2D eigenvalue weighted by Gasteiger charge is -2.16. The number of nitro groups is 1. The SMILES string of the molecule is Cc1cc(-c2ccc(/C=C3\SC(=S)N(c4ccc(Cl)cc4Cl)C3=O)o2)cc([N+](=O)[O-])c1C. The predicted octanol–water partition coefficient (Wildman–Crippen LogP) is 7.18. The largest absolute Gasteiger partial charge is 0.457 e. The van der Waals surface area contributed by atoms with Crippen molar-refractivity contribution in [3.05, 3.63) is 84.4 Å². The number of amides is 1. The van der Waals surface area contributed by atoms with E-state index in [1.165, 1.54) is 11.0 Å². The molecule has 1 amide bonds. The minimum absolute atomic E-state index is 0.0265. The van der Waals surface area contributed by atoms with Crippen molar-refractivity contribution < 1.29 is 14.1 Å². The van der Waals surface area contributed by atoms with Crippen molar-refractivity contribution in [1.82, 2.24) is 0 Å². The third kappa shape index (κ3) is 4.19. The number of nitro benzene ring substituents is 1. The number of thiocarbonyl (C=S) groups is 1. The Labute approximate surface area is 202 Å². The smallest absolute Gasteiger partial charge is 0.273 e. The molecule has 32 heavy (non-hydrogen) atoms. The summed E-state index contributed by atoms with van der Waals surface area (Å²) in [6.07, 6.45) is 1.59. The van der Waals surface area contributed by atoms with Gasteiger partial charge in [-0.15, -0.1) is 0 Å². The van der Waals surface area contributed by atoms with Crippen molar-refractivity contribution in [2.24, 2.45) is 0 Å². The van der Waals surface area contributed by atoms with Crippen molar-refractivity contribution in [1.29, 1.82) is 0 Å². The number of aryl methyl sites for hydroxylation is 1. The third-order valence-corrected chi connectivity index (χ3v) is 6.81. The maximum atomic E-state index is 13.0. The molecule has 0 radical (unpaired) electrons. The molecule has 2 heterocycles. The lowest BCUT2D eigenvalue weighted by molar-refractivity contribution is -0.385. The van der Waals surface area contributed by atoms with Crippen LogP contribution in [0.3, 0.4) is 0 Å². The van der Waals surface area contributed by atoms with E-state index >= 15 is 0 Å². The fourth-order valence-corrected chi connectivity index (χ4v) is 4.98. The number of halogens is 2. The molecular weight excluding hydrogens is 491 g/mol. The zero-order chi connectivity index (χ0) is 23.2. The minimum Gasteiger partial charge on any atom is -0.457 e. The summed E-state index contributed by atoms with van der Waals surface area (Å²) < 4.78 is 6.19. The number of carbonyl (C=O) groups is 1. The number of benzene rings is 2. The third-order valence-electron chi connectivity index (χ3n) is 4.97. The van der Waals surface area contributed by atoms with E-state index in [0.717, 1.165) is 17.3 Å². The first-order valence-corrected chi connectivity index (χ1v) is 11.2. The first kappa shape index (κ1) is 22.5. The summed E-state index contributed by atoms with van der Waals surface area (Å²) in [4.78, 5) is 25.6. The minimum atomic E-state index is -0.414. The van der Waals surface area contributed by atoms with Gasteiger partial charge in [0.15, 0.2) is 4.32 Å². The van der Waals surface area contributed by atoms with Crippen LogP contribution < -0.4 is 4.90 Å². The molecule has 1 aromatic heterocycles. The van der Waals surface area contributed by atoms with Crippen molar-refractivity contribution in [2.75, 3.05) is 4.90 Å². The Hall–Kier alpha value is -2.65. The van der Waals surface area contributed by atoms with Gasteiger partial charge in [-0.3, -0.25) is 19.8 Å². The number of thioether (sulfide) groups is 1. The van der Waals surface area contributed by atoms with Gasteiger partial charge in [-0.05, 0) is 55.8 Å². The molecule has 3 aromatic rings. The van der Waals surface area contributed by atoms with Crippen LogP contribution in [0, 0.1) is 24.0 Å². The summed E-state index contributed by atoms with van der Waals surface area (Å²) in [7, 11) is 0. The van der Waals surface area contributed by atoms with Crippen molar-refractivity contribution in [3.8, 4) is 11.3 Å². The van der Waals surface area contributed by atoms with Crippen molar-refractivity contribution in [3.63, 3.8) is 0 Å². The van der Waals surface area contributed by atoms with Crippen LogP contribution in [-0.2, 0) is 4.79 Å². The zero-order valence-electron chi connectivity index (χ0n) is 16.7. The Morgan fingerprint density at radius 3 is 2.59 bits per heavy atom. The van der Waals surface area contributed by atoms with Crippen LogP contribution in [0.2, 0.25) is 10.0 Å². The molecule has 1 aliphatic heterocycles. The standard InChI is InChI=1S/C22H14Cl2N2O4S2/c1-11-7-13(8-18(12(11)2)26(28)29)19-6-4-15(30-19)10-20-21(27)25(22(31)32-20)17-5-3-14(23)9-16(17)24/h3-10H,1-2H3/b20-10-. The number of carbonyl (C=O) groups excluding carboxylic acids is 1. The van der Waals surface area contributed by atoms with E-state index in [9.17, 15) is 14.9 Å². The van der Waals surface area contributed by atoms with Crippen molar-refractivity contribution >= 4 is 74.9 Å². The molecule has 10 heteroatoms. The van der Waals surface area contributed by atoms with E-state index in [1.807, 2.05) is 13.0 Å². The normalized spacial score (nSPS) is 15.1. The second-order valence-corrected chi connectivity index (χ2v) is 9.53. The zero-order valence-corrected chi connectivity index (χ0v) is 19.9. The van der Waals surface area contributed by atoms with Crippen LogP contribution in [0.15, 0.2) is 51.8 Å². The Morgan fingerprint density at radius 2 is 1.91 bits per heavy atom. The maximum Gasteiger partial charge on any atom is 0.273 e. The summed E-state index contributed by atoms with van der Waals surface area (Å²) >= 11 is 18.7. The molecule has 0 atom stereocenters. The van der Waals surface area contributed by atoms with Crippen LogP contribution in [0.1, 0.15) is 16.9 Å². The number of hydrogen-bond acceptors (Lipinski definition) is 6. The average Bonchev–Trinajstić information content (AvgIpc) is 3.29. The van der Waals surface area contributed by atoms with Gasteiger partial charge in [0.2, 0.25) is 0 Å². The summed E-state index contributed by atoms with van der Waals surface area (Å²) in [5.74, 6) is 0.547. The van der Waals surface area contributed by atoms with Gasteiger partial charge in [0.1, 0.15) is 11.5 Å². The van der Waals surface area contributed by atoms with Crippen LogP contribution in [0.5, 0.6) is 0 Å². The number of hydrogen-bond donors (Lipinski definition) is 0. The van der Waals surface area contributed by atoms with Gasteiger partial charge in [0.25, 0.3) is 11.6 Å². The van der Waals surface area contributed by atoms with E-state index in [-0.39, 0.29) is 11.6 Å². The molecule has 1 saturated heterocycles.